The lowest BCUT2D eigenvalue weighted by atomic mass is 9.93. The molecule has 0 spiro atoms. The van der Waals surface area contributed by atoms with Gasteiger partial charge in [0.15, 0.2) is 17.4 Å². The monoisotopic (exact) mass is 365 g/mol. The van der Waals surface area contributed by atoms with Gasteiger partial charge in [-0.1, -0.05) is 27.7 Å². The third-order valence-corrected chi connectivity index (χ3v) is 3.25. The number of nitrogen functional groups attached to an aromatic ring is 1. The van der Waals surface area contributed by atoms with Crippen LogP contribution in [0.2, 0.25) is 0 Å². The van der Waals surface area contributed by atoms with Gasteiger partial charge in [-0.05, 0) is 17.5 Å². The lowest BCUT2D eigenvalue weighted by Crippen LogP contribution is -2.30. The second kappa shape index (κ2) is 7.32. The summed E-state index contributed by atoms with van der Waals surface area (Å²) in [6.07, 6.45) is -4.34. The Hall–Kier alpha value is -2.26. The normalized spacial score (nSPS) is 11.5. The minimum atomic E-state index is -4.34. The zero-order chi connectivity index (χ0) is 19.7. The van der Waals surface area contributed by atoms with Gasteiger partial charge < -0.3 is 25.8 Å². The van der Waals surface area contributed by atoms with E-state index in [-0.39, 0.29) is 11.3 Å². The SMILES string of the molecule is CC.CC(C)c1cc(N)c(O)c2c(F)c(F)c(F)c(OC(O)(O)F)c12. The number of hydrogen-bond donors (Lipinski definition) is 4. The van der Waals surface area contributed by atoms with Gasteiger partial charge in [0.25, 0.3) is 0 Å². The van der Waals surface area contributed by atoms with Gasteiger partial charge in [-0.3, -0.25) is 0 Å². The Morgan fingerprint density at radius 3 is 2.00 bits per heavy atom. The van der Waals surface area contributed by atoms with E-state index in [0.717, 1.165) is 6.07 Å². The molecular weight excluding hydrogens is 346 g/mol. The van der Waals surface area contributed by atoms with Crippen LogP contribution in [0.5, 0.6) is 11.5 Å². The zero-order valence-corrected chi connectivity index (χ0v) is 14.0. The van der Waals surface area contributed by atoms with Crippen molar-refractivity contribution >= 4 is 16.5 Å². The summed E-state index contributed by atoms with van der Waals surface area (Å²) in [7, 11) is 0. The second-order valence-corrected chi connectivity index (χ2v) is 5.21. The Labute approximate surface area is 141 Å². The van der Waals surface area contributed by atoms with Gasteiger partial charge in [0.05, 0.1) is 11.1 Å². The Morgan fingerprint density at radius 2 is 1.56 bits per heavy atom. The maximum Gasteiger partial charge on any atom is 0.492 e. The standard InChI is InChI=1S/C14H13F4NO4.C2H6/c1-4(2)5-3-6(19)12(20)8-7(5)13(23-14(18,21)22)11(17)10(16)9(8)15;1-2/h3-4,20-22H,19H2,1-2H3;1-2H3. The van der Waals surface area contributed by atoms with Crippen LogP contribution in [0.25, 0.3) is 10.8 Å². The minimum absolute atomic E-state index is 0.0763. The number of fused-ring (bicyclic) bond motifs is 1. The quantitative estimate of drug-likeness (QED) is 0.219. The fraction of sp³-hybridized carbons (Fsp3) is 0.375. The largest absolute Gasteiger partial charge is 0.505 e. The molecule has 0 amide bonds. The molecule has 0 saturated heterocycles. The van der Waals surface area contributed by atoms with Crippen molar-refractivity contribution in [1.29, 1.82) is 0 Å². The third kappa shape index (κ3) is 3.88. The summed E-state index contributed by atoms with van der Waals surface area (Å²) >= 11 is 0. The van der Waals surface area contributed by atoms with Crippen LogP contribution in [0, 0.1) is 17.5 Å². The number of benzene rings is 2. The Balaban J connectivity index is 0.00000151. The van der Waals surface area contributed by atoms with Crippen LogP contribution >= 0.6 is 0 Å². The van der Waals surface area contributed by atoms with Crippen molar-refractivity contribution in [1.82, 2.24) is 0 Å². The molecular formula is C16H19F4NO4. The molecule has 2 aromatic carbocycles. The number of phenolic OH excluding ortho intramolecular Hbond substituents is 1. The molecule has 0 aliphatic rings. The minimum Gasteiger partial charge on any atom is -0.505 e. The van der Waals surface area contributed by atoms with Crippen molar-refractivity contribution in [2.24, 2.45) is 0 Å². The number of alkyl halides is 1. The molecule has 0 aromatic heterocycles. The number of halogens is 4. The fourth-order valence-corrected chi connectivity index (χ4v) is 2.27. The molecule has 0 saturated carbocycles. The van der Waals surface area contributed by atoms with Gasteiger partial charge in [0.2, 0.25) is 5.82 Å². The van der Waals surface area contributed by atoms with Crippen molar-refractivity contribution in [2.45, 2.75) is 39.8 Å². The molecule has 5 N–H and O–H groups in total. The predicted molar refractivity (Wildman–Crippen MR) is 84.2 cm³/mol. The number of phenols is 1. The molecule has 0 heterocycles. The molecule has 9 heteroatoms. The first kappa shape index (κ1) is 20.8. The summed E-state index contributed by atoms with van der Waals surface area (Å²) in [6, 6.07) is 1.14. The van der Waals surface area contributed by atoms with Crippen molar-refractivity contribution in [2.75, 3.05) is 5.73 Å². The summed E-state index contributed by atoms with van der Waals surface area (Å²) in [4.78, 5) is 0. The fourth-order valence-electron chi connectivity index (χ4n) is 2.27. The van der Waals surface area contributed by atoms with Crippen molar-refractivity contribution < 1.29 is 37.6 Å². The Bertz CT molecular complexity index is 789. The van der Waals surface area contributed by atoms with Crippen LogP contribution < -0.4 is 10.5 Å². The number of anilines is 1. The Kier molecular flexibility index (Phi) is 6.09. The van der Waals surface area contributed by atoms with Gasteiger partial charge >= 0.3 is 6.23 Å². The highest BCUT2D eigenvalue weighted by molar-refractivity contribution is 6.00. The molecule has 25 heavy (non-hydrogen) atoms. The van der Waals surface area contributed by atoms with Gasteiger partial charge in [-0.25, -0.2) is 8.78 Å². The highest BCUT2D eigenvalue weighted by atomic mass is 19.2. The van der Waals surface area contributed by atoms with E-state index in [1.165, 1.54) is 0 Å². The lowest BCUT2D eigenvalue weighted by Gasteiger charge is -2.20. The van der Waals surface area contributed by atoms with E-state index in [1.807, 2.05) is 13.8 Å². The molecule has 0 bridgehead atoms. The molecule has 0 atom stereocenters. The Morgan fingerprint density at radius 1 is 1.04 bits per heavy atom. The summed E-state index contributed by atoms with van der Waals surface area (Å²) in [5, 5.41) is 25.8. The highest BCUT2D eigenvalue weighted by Gasteiger charge is 2.33. The van der Waals surface area contributed by atoms with Crippen LogP contribution in [-0.2, 0) is 0 Å². The third-order valence-electron chi connectivity index (χ3n) is 3.25. The number of hydrogen-bond acceptors (Lipinski definition) is 5. The first-order valence-electron chi connectivity index (χ1n) is 7.39. The molecule has 2 rings (SSSR count). The van der Waals surface area contributed by atoms with E-state index < -0.39 is 51.9 Å². The molecule has 0 unspecified atom stereocenters. The lowest BCUT2D eigenvalue weighted by molar-refractivity contribution is -0.375. The highest BCUT2D eigenvalue weighted by Crippen LogP contribution is 2.45. The summed E-state index contributed by atoms with van der Waals surface area (Å²) < 4.78 is 58.6. The van der Waals surface area contributed by atoms with Crippen LogP contribution in [0.15, 0.2) is 6.07 Å². The summed E-state index contributed by atoms with van der Waals surface area (Å²) in [6.45, 7) is 7.16. The first-order chi connectivity index (χ1) is 11.5. The molecule has 0 fully saturated rings. The van der Waals surface area contributed by atoms with Crippen molar-refractivity contribution in [3.8, 4) is 11.5 Å². The molecule has 0 radical (unpaired) electrons. The molecule has 5 nitrogen and oxygen atoms in total. The van der Waals surface area contributed by atoms with Gasteiger partial charge in [0.1, 0.15) is 5.75 Å². The molecule has 140 valence electrons. The van der Waals surface area contributed by atoms with E-state index in [9.17, 15) is 22.7 Å². The van der Waals surface area contributed by atoms with Crippen molar-refractivity contribution in [3.05, 3.63) is 29.1 Å². The van der Waals surface area contributed by atoms with Crippen LogP contribution in [0.3, 0.4) is 0 Å². The molecule has 0 aliphatic heterocycles. The number of rotatable bonds is 3. The first-order valence-corrected chi connectivity index (χ1v) is 7.39. The number of nitrogens with two attached hydrogens (primary N) is 1. The predicted octanol–water partition coefficient (Wildman–Crippen LogP) is 3.64. The average molecular weight is 365 g/mol. The topological polar surface area (TPSA) is 95.9 Å². The van der Waals surface area contributed by atoms with E-state index in [1.54, 1.807) is 13.8 Å². The summed E-state index contributed by atoms with van der Waals surface area (Å²) in [5.74, 6) is -8.51. The van der Waals surface area contributed by atoms with Crippen LogP contribution in [0.4, 0.5) is 23.2 Å². The number of aliphatic hydroxyl groups is 2. The van der Waals surface area contributed by atoms with E-state index in [4.69, 9.17) is 15.9 Å². The van der Waals surface area contributed by atoms with Gasteiger partial charge in [0, 0.05) is 5.39 Å². The zero-order valence-electron chi connectivity index (χ0n) is 14.0. The molecule has 0 aliphatic carbocycles. The van der Waals surface area contributed by atoms with Gasteiger partial charge in [-0.15, -0.1) is 4.39 Å². The van der Waals surface area contributed by atoms with Crippen molar-refractivity contribution in [3.63, 3.8) is 0 Å². The van der Waals surface area contributed by atoms with E-state index in [2.05, 4.69) is 4.74 Å². The summed E-state index contributed by atoms with van der Waals surface area (Å²) in [5.41, 5.74) is 5.27. The number of ether oxygens (including phenoxy) is 1. The molecule has 2 aromatic rings. The van der Waals surface area contributed by atoms with Crippen LogP contribution in [-0.4, -0.2) is 21.5 Å². The maximum atomic E-state index is 14.1. The van der Waals surface area contributed by atoms with Gasteiger partial charge in [-0.2, -0.15) is 4.39 Å². The average Bonchev–Trinajstić information content (AvgIpc) is 2.52. The second-order valence-electron chi connectivity index (χ2n) is 5.21. The number of aromatic hydroxyl groups is 1. The maximum absolute atomic E-state index is 14.1. The van der Waals surface area contributed by atoms with Crippen LogP contribution in [0.1, 0.15) is 39.2 Å². The smallest absolute Gasteiger partial charge is 0.492 e. The van der Waals surface area contributed by atoms with E-state index >= 15 is 0 Å². The van der Waals surface area contributed by atoms with E-state index in [0.29, 0.717) is 0 Å².